The number of likely N-dealkylation sites (tertiary alicyclic amines) is 1. The number of piperidine rings is 2. The Morgan fingerprint density at radius 2 is 1.16 bits per heavy atom. The van der Waals surface area contributed by atoms with Crippen molar-refractivity contribution in [3.8, 4) is 32.6 Å². The number of hydrogen-bond acceptors (Lipinski definition) is 14. The van der Waals surface area contributed by atoms with Crippen molar-refractivity contribution in [1.82, 2.24) is 40.1 Å². The Kier molecular flexibility index (Phi) is 13.2. The molecule has 2 aliphatic rings. The lowest BCUT2D eigenvalue weighted by atomic mass is 10.1. The zero-order chi connectivity index (χ0) is 43.0. The molecule has 2 fully saturated rings. The molecule has 0 spiro atoms. The Morgan fingerprint density at radius 1 is 0.651 bits per heavy atom. The minimum Gasteiger partial charge on any atom is -0.490 e. The molecule has 4 aromatic heterocycles. The van der Waals surface area contributed by atoms with Gasteiger partial charge < -0.3 is 30.3 Å². The zero-order valence-corrected chi connectivity index (χ0v) is 35.6. The van der Waals surface area contributed by atoms with E-state index in [1.54, 1.807) is 71.7 Å². The van der Waals surface area contributed by atoms with Crippen molar-refractivity contribution < 1.29 is 22.6 Å². The largest absolute Gasteiger partial charge is 0.490 e. The van der Waals surface area contributed by atoms with Gasteiger partial charge in [-0.1, -0.05) is 12.1 Å². The van der Waals surface area contributed by atoms with E-state index in [-0.39, 0.29) is 30.5 Å². The number of ether oxygens (including phenoxy) is 2. The van der Waals surface area contributed by atoms with Crippen LogP contribution in [0.2, 0.25) is 0 Å². The molecule has 322 valence electrons. The van der Waals surface area contributed by atoms with Gasteiger partial charge in [-0.25, -0.2) is 43.1 Å². The number of fused-ring (bicyclic) bond motifs is 2. The van der Waals surface area contributed by atoms with Gasteiger partial charge >= 0.3 is 0 Å². The summed E-state index contributed by atoms with van der Waals surface area (Å²) in [6.45, 7) is 3.70. The summed E-state index contributed by atoms with van der Waals surface area (Å²) in [4.78, 5) is 29.1. The number of alkyl halides is 1. The second kappa shape index (κ2) is 19.8. The summed E-state index contributed by atoms with van der Waals surface area (Å²) in [6, 6.07) is 20.3. The average Bonchev–Trinajstić information content (AvgIpc) is 4.04. The summed E-state index contributed by atoms with van der Waals surface area (Å²) in [5.41, 5.74) is 4.50. The van der Waals surface area contributed by atoms with Crippen LogP contribution in [0.4, 0.5) is 36.4 Å². The van der Waals surface area contributed by atoms with Crippen molar-refractivity contribution in [1.29, 1.82) is 0 Å². The number of halogens is 3. The Bertz CT molecular complexity index is 2770. The zero-order valence-electron chi connectivity index (χ0n) is 34.0. The molecule has 0 aliphatic carbocycles. The minimum absolute atomic E-state index is 0.0451. The van der Waals surface area contributed by atoms with Gasteiger partial charge in [-0.15, -0.1) is 22.7 Å². The Labute approximate surface area is 369 Å². The number of hydrogen-bond donors (Lipinski definition) is 3. The summed E-state index contributed by atoms with van der Waals surface area (Å²) >= 11 is 3.12. The van der Waals surface area contributed by atoms with E-state index < -0.39 is 0 Å². The molecule has 12 nitrogen and oxygen atoms in total. The molecule has 0 unspecified atom stereocenters. The maximum atomic E-state index is 13.5. The van der Waals surface area contributed by atoms with Crippen LogP contribution in [-0.2, 0) is 0 Å². The number of anilines is 4. The topological polar surface area (TPSA) is 135 Å². The average molecular weight is 889 g/mol. The Hall–Kier alpha value is -6.27. The standard InChI is InChI=1S/C24H23F2N5OS.C22H20FN5OS/c25-6-10-31-8-4-19(5-9-31)32-22-14-21-16(12-20(22)23-27-7-11-33-23)15-28-24(30-21)29-18-3-1-2-17(26)13-18;23-15-2-1-3-16(11-15)27-22-26-13-14-10-18(21-25-8-9-30-21)20(12-19(14)28-22)29-17-4-6-24-7-5-17/h1-3,7,11-15,19H,4-6,8-10H2,(H,28,29,30);1-3,8-13,17,24H,4-7H2,(H,26,27,28). The van der Waals surface area contributed by atoms with E-state index in [2.05, 4.69) is 50.8 Å². The normalized spacial score (nSPS) is 14.9. The third-order valence-electron chi connectivity index (χ3n) is 10.7. The van der Waals surface area contributed by atoms with Gasteiger partial charge in [-0.05, 0) is 87.3 Å². The molecule has 3 N–H and O–H groups in total. The summed E-state index contributed by atoms with van der Waals surface area (Å²) < 4.78 is 52.5. The molecule has 2 aliphatic heterocycles. The molecule has 4 aromatic carbocycles. The van der Waals surface area contributed by atoms with Crippen LogP contribution in [0.1, 0.15) is 25.7 Å². The minimum atomic E-state index is -0.331. The summed E-state index contributed by atoms with van der Waals surface area (Å²) in [5.74, 6) is 1.63. The first-order valence-electron chi connectivity index (χ1n) is 20.7. The molecular formula is C46H43F3N10O2S2. The fourth-order valence-corrected chi connectivity index (χ4v) is 8.83. The van der Waals surface area contributed by atoms with E-state index in [0.717, 1.165) is 101 Å². The van der Waals surface area contributed by atoms with Crippen molar-refractivity contribution in [3.05, 3.63) is 120 Å². The third-order valence-corrected chi connectivity index (χ3v) is 12.3. The van der Waals surface area contributed by atoms with Gasteiger partial charge in [0.1, 0.15) is 52.0 Å². The van der Waals surface area contributed by atoms with Crippen molar-refractivity contribution in [3.63, 3.8) is 0 Å². The van der Waals surface area contributed by atoms with Crippen molar-refractivity contribution in [2.24, 2.45) is 0 Å². The molecule has 0 radical (unpaired) electrons. The fraction of sp³-hybridized carbons (Fsp3) is 0.261. The molecule has 2 saturated heterocycles. The monoisotopic (exact) mass is 888 g/mol. The van der Waals surface area contributed by atoms with Crippen LogP contribution >= 0.6 is 22.7 Å². The molecule has 10 rings (SSSR count). The highest BCUT2D eigenvalue weighted by Crippen LogP contribution is 2.38. The lowest BCUT2D eigenvalue weighted by molar-refractivity contribution is 0.0974. The van der Waals surface area contributed by atoms with Gasteiger partial charge in [0.2, 0.25) is 11.9 Å². The van der Waals surface area contributed by atoms with E-state index in [1.807, 2.05) is 35.0 Å². The maximum absolute atomic E-state index is 13.5. The van der Waals surface area contributed by atoms with Gasteiger partial charge in [-0.2, -0.15) is 0 Å². The van der Waals surface area contributed by atoms with Gasteiger partial charge in [-0.3, -0.25) is 0 Å². The van der Waals surface area contributed by atoms with Crippen LogP contribution in [0, 0.1) is 11.6 Å². The summed E-state index contributed by atoms with van der Waals surface area (Å²) in [6.07, 6.45) is 10.9. The lowest BCUT2D eigenvalue weighted by Crippen LogP contribution is -2.39. The maximum Gasteiger partial charge on any atom is 0.227 e. The number of aromatic nitrogens is 6. The first kappa shape index (κ1) is 42.1. The molecule has 8 aromatic rings. The summed E-state index contributed by atoms with van der Waals surface area (Å²) in [5, 5.41) is 16.9. The molecular weight excluding hydrogens is 846 g/mol. The molecule has 0 amide bonds. The van der Waals surface area contributed by atoms with Crippen LogP contribution in [0.15, 0.2) is 108 Å². The fourth-order valence-electron chi connectivity index (χ4n) is 7.52. The number of nitrogens with zero attached hydrogens (tertiary/aromatic N) is 7. The van der Waals surface area contributed by atoms with Gasteiger partial charge in [0.25, 0.3) is 0 Å². The number of benzene rings is 4. The molecule has 63 heavy (non-hydrogen) atoms. The SMILES string of the molecule is FCCN1CCC(Oc2cc3nc(Nc4cccc(F)c4)ncc3cc2-c2nccs2)CC1.Fc1cccc(Nc2ncc3cc(-c4nccs4)c(OC4CCNCC4)cc3n2)c1. The van der Waals surface area contributed by atoms with Crippen molar-refractivity contribution in [2.75, 3.05) is 50.0 Å². The van der Waals surface area contributed by atoms with Gasteiger partial charge in [0, 0.05) is 89.5 Å². The van der Waals surface area contributed by atoms with Crippen LogP contribution < -0.4 is 25.4 Å². The van der Waals surface area contributed by atoms with E-state index in [4.69, 9.17) is 9.47 Å². The molecule has 0 saturated carbocycles. The molecule has 6 heterocycles. The molecule has 0 atom stereocenters. The third kappa shape index (κ3) is 10.7. The van der Waals surface area contributed by atoms with Crippen molar-refractivity contribution in [2.45, 2.75) is 37.9 Å². The lowest BCUT2D eigenvalue weighted by Gasteiger charge is -2.31. The van der Waals surface area contributed by atoms with Crippen LogP contribution in [0.5, 0.6) is 11.5 Å². The first-order valence-corrected chi connectivity index (χ1v) is 22.5. The smallest absolute Gasteiger partial charge is 0.227 e. The van der Waals surface area contributed by atoms with Crippen molar-refractivity contribution >= 4 is 67.8 Å². The second-order valence-electron chi connectivity index (χ2n) is 15.1. The Morgan fingerprint density at radius 3 is 1.62 bits per heavy atom. The first-order chi connectivity index (χ1) is 30.9. The van der Waals surface area contributed by atoms with Crippen LogP contribution in [0.25, 0.3) is 42.9 Å². The van der Waals surface area contributed by atoms with E-state index in [0.29, 0.717) is 35.3 Å². The predicted octanol–water partition coefficient (Wildman–Crippen LogP) is 10.2. The highest BCUT2D eigenvalue weighted by Gasteiger charge is 2.23. The van der Waals surface area contributed by atoms with Crippen LogP contribution in [-0.4, -0.2) is 86.4 Å². The van der Waals surface area contributed by atoms with E-state index in [1.165, 1.54) is 24.3 Å². The molecule has 17 heteroatoms. The molecule has 0 bridgehead atoms. The van der Waals surface area contributed by atoms with E-state index >= 15 is 0 Å². The number of rotatable bonds is 12. The van der Waals surface area contributed by atoms with Gasteiger partial charge in [0.15, 0.2) is 0 Å². The predicted molar refractivity (Wildman–Crippen MR) is 243 cm³/mol. The quantitative estimate of drug-likeness (QED) is 0.108. The highest BCUT2D eigenvalue weighted by molar-refractivity contribution is 7.13. The highest BCUT2D eigenvalue weighted by atomic mass is 32.1. The van der Waals surface area contributed by atoms with Crippen LogP contribution in [0.3, 0.4) is 0 Å². The van der Waals surface area contributed by atoms with Gasteiger partial charge in [0.05, 0.1) is 22.2 Å². The second-order valence-corrected chi connectivity index (χ2v) is 16.9. The summed E-state index contributed by atoms with van der Waals surface area (Å²) in [7, 11) is 0. The van der Waals surface area contributed by atoms with E-state index in [9.17, 15) is 13.2 Å². The number of thiazole rings is 2. The number of nitrogens with one attached hydrogen (secondary N) is 3. The Balaban J connectivity index is 0.000000161.